The van der Waals surface area contributed by atoms with Gasteiger partial charge in [0.2, 0.25) is 5.91 Å². The molecule has 0 aromatic heterocycles. The van der Waals surface area contributed by atoms with Crippen LogP contribution in [-0.4, -0.2) is 48.6 Å². The van der Waals surface area contributed by atoms with Crippen molar-refractivity contribution < 1.29 is 23.1 Å². The van der Waals surface area contributed by atoms with Gasteiger partial charge in [-0.15, -0.1) is 0 Å². The minimum atomic E-state index is -3.31. The number of amides is 1. The molecule has 0 saturated carbocycles. The van der Waals surface area contributed by atoms with Crippen LogP contribution in [0.4, 0.5) is 0 Å². The summed E-state index contributed by atoms with van der Waals surface area (Å²) in [4.78, 5) is 25.3. The predicted octanol–water partition coefficient (Wildman–Crippen LogP) is 2.51. The van der Waals surface area contributed by atoms with Crippen LogP contribution in [0.2, 0.25) is 0 Å². The van der Waals surface area contributed by atoms with Crippen molar-refractivity contribution in [2.75, 3.05) is 13.1 Å². The maximum atomic E-state index is 12.5. The Hall–Kier alpha value is -1.89. The maximum absolute atomic E-state index is 12.5. The van der Waals surface area contributed by atoms with Gasteiger partial charge in [0, 0.05) is 19.5 Å². The Bertz CT molecular complexity index is 740. The van der Waals surface area contributed by atoms with Crippen LogP contribution in [-0.2, 0) is 25.8 Å². The molecule has 1 aliphatic heterocycles. The lowest BCUT2D eigenvalue weighted by molar-refractivity contribution is -0.137. The van der Waals surface area contributed by atoms with Crippen molar-refractivity contribution in [3.63, 3.8) is 0 Å². The third kappa shape index (κ3) is 5.30. The molecule has 1 aliphatic rings. The van der Waals surface area contributed by atoms with E-state index in [0.29, 0.717) is 19.5 Å². The normalized spacial score (nSPS) is 18.1. The first-order chi connectivity index (χ1) is 12.2. The largest absolute Gasteiger partial charge is 0.481 e. The molecule has 0 aliphatic carbocycles. The minimum Gasteiger partial charge on any atom is -0.481 e. The Balaban J connectivity index is 1.96. The minimum absolute atomic E-state index is 0.00416. The molecule has 144 valence electrons. The van der Waals surface area contributed by atoms with E-state index in [0.717, 1.165) is 18.4 Å². The van der Waals surface area contributed by atoms with Gasteiger partial charge >= 0.3 is 5.97 Å². The summed E-state index contributed by atoms with van der Waals surface area (Å²) in [5.41, 5.74) is 0.783. The second-order valence-corrected chi connectivity index (χ2v) is 9.70. The molecule has 0 radical (unpaired) electrons. The average Bonchev–Trinajstić information content (AvgIpc) is 2.60. The molecule has 26 heavy (non-hydrogen) atoms. The molecule has 0 spiro atoms. The number of carboxylic acids is 1. The molecule has 1 amide bonds. The fraction of sp³-hybridized carbons (Fsp3) is 0.579. The van der Waals surface area contributed by atoms with Gasteiger partial charge in [-0.05, 0) is 56.7 Å². The first-order valence-corrected chi connectivity index (χ1v) is 10.6. The van der Waals surface area contributed by atoms with E-state index < -0.39 is 21.1 Å². The van der Waals surface area contributed by atoms with Crippen molar-refractivity contribution in [1.29, 1.82) is 0 Å². The summed E-state index contributed by atoms with van der Waals surface area (Å²) in [5, 5.41) is 8.32. The van der Waals surface area contributed by atoms with E-state index in [1.54, 1.807) is 43.0 Å². The van der Waals surface area contributed by atoms with Crippen LogP contribution < -0.4 is 0 Å². The zero-order valence-electron chi connectivity index (χ0n) is 15.3. The summed E-state index contributed by atoms with van der Waals surface area (Å²) in [6, 6.07) is 6.51. The molecule has 1 heterocycles. The lowest BCUT2D eigenvalue weighted by atomic mass is 9.93. The summed E-state index contributed by atoms with van der Waals surface area (Å²) in [6.07, 6.45) is 2.81. The molecule has 2 rings (SSSR count). The highest BCUT2D eigenvalue weighted by molar-refractivity contribution is 7.92. The summed E-state index contributed by atoms with van der Waals surface area (Å²) in [7, 11) is -3.31. The Kier molecular flexibility index (Phi) is 6.81. The number of benzene rings is 1. The Morgan fingerprint density at radius 1 is 1.23 bits per heavy atom. The molecule has 1 fully saturated rings. The highest BCUT2D eigenvalue weighted by Crippen LogP contribution is 2.22. The molecule has 1 atom stereocenters. The Labute approximate surface area is 155 Å². The number of carbonyl (C=O) groups excluding carboxylic acids is 1. The van der Waals surface area contributed by atoms with Gasteiger partial charge in [0.05, 0.1) is 16.6 Å². The number of carbonyl (C=O) groups is 2. The van der Waals surface area contributed by atoms with E-state index in [1.165, 1.54) is 0 Å². The smallest absolute Gasteiger partial charge is 0.303 e. The van der Waals surface area contributed by atoms with E-state index in [2.05, 4.69) is 0 Å². The van der Waals surface area contributed by atoms with Gasteiger partial charge < -0.3 is 10.0 Å². The molecular weight excluding hydrogens is 354 g/mol. The number of piperidine rings is 1. The van der Waals surface area contributed by atoms with E-state index >= 15 is 0 Å². The average molecular weight is 381 g/mol. The molecule has 1 unspecified atom stereocenters. The number of nitrogens with zero attached hydrogens (tertiary/aromatic N) is 1. The third-order valence-electron chi connectivity index (χ3n) is 4.87. The zero-order valence-corrected chi connectivity index (χ0v) is 16.2. The topological polar surface area (TPSA) is 91.8 Å². The highest BCUT2D eigenvalue weighted by Gasteiger charge is 2.24. The van der Waals surface area contributed by atoms with Crippen molar-refractivity contribution in [2.45, 2.75) is 56.1 Å². The van der Waals surface area contributed by atoms with E-state index in [1.807, 2.05) is 0 Å². The van der Waals surface area contributed by atoms with E-state index in [4.69, 9.17) is 5.11 Å². The van der Waals surface area contributed by atoms with Crippen molar-refractivity contribution >= 4 is 21.7 Å². The van der Waals surface area contributed by atoms with Gasteiger partial charge in [-0.25, -0.2) is 8.42 Å². The molecule has 7 heteroatoms. The van der Waals surface area contributed by atoms with Crippen LogP contribution in [0.1, 0.15) is 45.1 Å². The highest BCUT2D eigenvalue weighted by atomic mass is 32.2. The molecule has 1 N–H and O–H groups in total. The van der Waals surface area contributed by atoms with Gasteiger partial charge in [0.1, 0.15) is 0 Å². The van der Waals surface area contributed by atoms with Crippen LogP contribution in [0.5, 0.6) is 0 Å². The van der Waals surface area contributed by atoms with Crippen LogP contribution in [0.3, 0.4) is 0 Å². The second kappa shape index (κ2) is 8.66. The standard InChI is InChI=1S/C19H27NO5S/c1-14(2)26(24,25)17-8-5-15(6-9-17)12-18(21)20-11-3-4-16(13-20)7-10-19(22)23/h5-6,8-9,14,16H,3-4,7,10-13H2,1-2H3,(H,22,23). The molecule has 1 aromatic rings. The SMILES string of the molecule is CC(C)S(=O)(=O)c1ccc(CC(=O)N2CCCC(CCC(=O)O)C2)cc1. The van der Waals surface area contributed by atoms with E-state index in [9.17, 15) is 18.0 Å². The maximum Gasteiger partial charge on any atom is 0.303 e. The fourth-order valence-corrected chi connectivity index (χ4v) is 4.27. The lowest BCUT2D eigenvalue weighted by Gasteiger charge is -2.32. The molecule has 1 aromatic carbocycles. The van der Waals surface area contributed by atoms with Crippen LogP contribution in [0.15, 0.2) is 29.2 Å². The van der Waals surface area contributed by atoms with E-state index in [-0.39, 0.29) is 29.6 Å². The number of hydrogen-bond acceptors (Lipinski definition) is 4. The number of aliphatic carboxylic acids is 1. The number of carboxylic acid groups (broad SMARTS) is 1. The first kappa shape index (κ1) is 20.4. The molecule has 6 nitrogen and oxygen atoms in total. The monoisotopic (exact) mass is 381 g/mol. The van der Waals surface area contributed by atoms with Crippen LogP contribution in [0.25, 0.3) is 0 Å². The Morgan fingerprint density at radius 2 is 1.88 bits per heavy atom. The molecule has 0 bridgehead atoms. The van der Waals surface area contributed by atoms with Gasteiger partial charge in [-0.3, -0.25) is 9.59 Å². The van der Waals surface area contributed by atoms with Crippen LogP contribution >= 0.6 is 0 Å². The quantitative estimate of drug-likeness (QED) is 0.783. The summed E-state index contributed by atoms with van der Waals surface area (Å²) >= 11 is 0. The molecular formula is C19H27NO5S. The first-order valence-electron chi connectivity index (χ1n) is 9.02. The van der Waals surface area contributed by atoms with Gasteiger partial charge in [-0.1, -0.05) is 12.1 Å². The second-order valence-electron chi connectivity index (χ2n) is 7.19. The van der Waals surface area contributed by atoms with Crippen molar-refractivity contribution in [3.05, 3.63) is 29.8 Å². The molecule has 1 saturated heterocycles. The summed E-state index contributed by atoms with van der Waals surface area (Å²) in [5.74, 6) is -0.559. The van der Waals surface area contributed by atoms with Gasteiger partial charge in [-0.2, -0.15) is 0 Å². The number of sulfone groups is 1. The zero-order chi connectivity index (χ0) is 19.3. The van der Waals surface area contributed by atoms with Crippen molar-refractivity contribution in [3.8, 4) is 0 Å². The number of likely N-dealkylation sites (tertiary alicyclic amines) is 1. The van der Waals surface area contributed by atoms with Gasteiger partial charge in [0.15, 0.2) is 9.84 Å². The van der Waals surface area contributed by atoms with Crippen molar-refractivity contribution in [1.82, 2.24) is 4.90 Å². The van der Waals surface area contributed by atoms with Crippen molar-refractivity contribution in [2.24, 2.45) is 5.92 Å². The predicted molar refractivity (Wildman–Crippen MR) is 98.6 cm³/mol. The fourth-order valence-electron chi connectivity index (χ4n) is 3.21. The summed E-state index contributed by atoms with van der Waals surface area (Å²) in [6.45, 7) is 4.59. The number of hydrogen-bond donors (Lipinski definition) is 1. The third-order valence-corrected chi connectivity index (χ3v) is 7.04. The van der Waals surface area contributed by atoms with Gasteiger partial charge in [0.25, 0.3) is 0 Å². The lowest BCUT2D eigenvalue weighted by Crippen LogP contribution is -2.40. The number of rotatable bonds is 7. The van der Waals surface area contributed by atoms with Crippen LogP contribution in [0, 0.1) is 5.92 Å². The Morgan fingerprint density at radius 3 is 2.46 bits per heavy atom. The summed E-state index contributed by atoms with van der Waals surface area (Å²) < 4.78 is 24.3.